The molecule has 0 saturated heterocycles. The first kappa shape index (κ1) is 23.5. The van der Waals surface area contributed by atoms with Gasteiger partial charge in [0.25, 0.3) is 0 Å². The number of nitriles is 1. The summed E-state index contributed by atoms with van der Waals surface area (Å²) in [5, 5.41) is 15.4. The van der Waals surface area contributed by atoms with Crippen molar-refractivity contribution in [3.63, 3.8) is 0 Å². The van der Waals surface area contributed by atoms with E-state index in [4.69, 9.17) is 4.74 Å². The summed E-state index contributed by atoms with van der Waals surface area (Å²) >= 11 is 0. The molecule has 12 heteroatoms. The lowest BCUT2D eigenvalue weighted by molar-refractivity contribution is -0.138. The van der Waals surface area contributed by atoms with Crippen LogP contribution >= 0.6 is 0 Å². The monoisotopic (exact) mass is 483 g/mol. The summed E-state index contributed by atoms with van der Waals surface area (Å²) in [6.45, 7) is 1.46. The maximum Gasteiger partial charge on any atom is 0.416 e. The van der Waals surface area contributed by atoms with Crippen LogP contribution in [0.1, 0.15) is 40.0 Å². The van der Waals surface area contributed by atoms with Gasteiger partial charge in [-0.15, -0.1) is 5.10 Å². The Hall–Kier alpha value is -4.66. The number of rotatable bonds is 4. The van der Waals surface area contributed by atoms with Crippen LogP contribution in [0.4, 0.5) is 24.8 Å². The van der Waals surface area contributed by atoms with E-state index in [9.17, 15) is 32.8 Å². The molecule has 4 rings (SSSR count). The van der Waals surface area contributed by atoms with E-state index < -0.39 is 29.4 Å². The number of alkyl halides is 3. The van der Waals surface area contributed by atoms with Crippen LogP contribution in [0.5, 0.6) is 0 Å². The molecule has 178 valence electrons. The Morgan fingerprint density at radius 2 is 2.00 bits per heavy atom. The number of H-pyrrole nitrogens is 1. The van der Waals surface area contributed by atoms with E-state index >= 15 is 0 Å². The Morgan fingerprint density at radius 1 is 1.26 bits per heavy atom. The van der Waals surface area contributed by atoms with Crippen molar-refractivity contribution in [1.29, 1.82) is 5.26 Å². The van der Waals surface area contributed by atoms with E-state index in [1.165, 1.54) is 42.2 Å². The topological polar surface area (TPSA) is 121 Å². The average molecular weight is 483 g/mol. The van der Waals surface area contributed by atoms with Crippen molar-refractivity contribution in [2.75, 3.05) is 12.0 Å². The van der Waals surface area contributed by atoms with Crippen LogP contribution in [-0.2, 0) is 15.7 Å². The zero-order valence-corrected chi connectivity index (χ0v) is 18.3. The molecule has 0 fully saturated rings. The molecular weight excluding hydrogens is 467 g/mol. The van der Waals surface area contributed by atoms with E-state index in [1.54, 1.807) is 0 Å². The number of anilines is 2. The van der Waals surface area contributed by atoms with Gasteiger partial charge in [-0.3, -0.25) is 9.69 Å². The SMILES string of the molecule is COC(=O)C1=C(C)N(c2cccc(C(F)(F)F)c2)c2n[nH]c(=O)n2C1c1ccc(C#N)cc1C=O. The smallest absolute Gasteiger partial charge is 0.416 e. The van der Waals surface area contributed by atoms with Crippen LogP contribution in [0.25, 0.3) is 0 Å². The van der Waals surface area contributed by atoms with Crippen molar-refractivity contribution >= 4 is 23.9 Å². The van der Waals surface area contributed by atoms with E-state index in [1.807, 2.05) is 6.07 Å². The molecule has 35 heavy (non-hydrogen) atoms. The van der Waals surface area contributed by atoms with Crippen molar-refractivity contribution < 1.29 is 27.5 Å². The third-order valence-corrected chi connectivity index (χ3v) is 5.62. The van der Waals surface area contributed by atoms with Crippen LogP contribution in [0.3, 0.4) is 0 Å². The zero-order valence-electron chi connectivity index (χ0n) is 18.3. The largest absolute Gasteiger partial charge is 0.466 e. The Kier molecular flexibility index (Phi) is 5.77. The molecule has 1 unspecified atom stereocenters. The fourth-order valence-corrected chi connectivity index (χ4v) is 4.07. The zero-order chi connectivity index (χ0) is 25.5. The fraction of sp³-hybridized carbons (Fsp3) is 0.174. The fourth-order valence-electron chi connectivity index (χ4n) is 4.07. The van der Waals surface area contributed by atoms with Gasteiger partial charge < -0.3 is 4.74 Å². The van der Waals surface area contributed by atoms with Crippen LogP contribution in [0.2, 0.25) is 0 Å². The second-order valence-corrected chi connectivity index (χ2v) is 7.55. The van der Waals surface area contributed by atoms with Gasteiger partial charge >= 0.3 is 17.8 Å². The highest BCUT2D eigenvalue weighted by atomic mass is 19.4. The molecule has 2 aromatic carbocycles. The molecule has 9 nitrogen and oxygen atoms in total. The number of carbonyl (C=O) groups is 2. The molecule has 1 N–H and O–H groups in total. The van der Waals surface area contributed by atoms with Gasteiger partial charge in [0.2, 0.25) is 5.95 Å². The molecule has 0 aliphatic carbocycles. The summed E-state index contributed by atoms with van der Waals surface area (Å²) in [5.41, 5.74) is -1.28. The highest BCUT2D eigenvalue weighted by molar-refractivity contribution is 5.94. The van der Waals surface area contributed by atoms with E-state index in [0.717, 1.165) is 23.8 Å². The summed E-state index contributed by atoms with van der Waals surface area (Å²) in [4.78, 5) is 38.9. The second kappa shape index (κ2) is 8.60. The number of carbonyl (C=O) groups excluding carboxylic acids is 2. The van der Waals surface area contributed by atoms with E-state index in [-0.39, 0.29) is 39.6 Å². The molecule has 0 bridgehead atoms. The van der Waals surface area contributed by atoms with Crippen LogP contribution < -0.4 is 10.6 Å². The Labute approximate surface area is 195 Å². The predicted octanol–water partition coefficient (Wildman–Crippen LogP) is 3.46. The number of hydrogen-bond acceptors (Lipinski definition) is 7. The predicted molar refractivity (Wildman–Crippen MR) is 116 cm³/mol. The van der Waals surface area contributed by atoms with Crippen LogP contribution in [0.15, 0.2) is 58.5 Å². The van der Waals surface area contributed by atoms with Crippen LogP contribution in [-0.4, -0.2) is 34.1 Å². The molecule has 0 amide bonds. The molecule has 0 saturated carbocycles. The van der Waals surface area contributed by atoms with E-state index in [2.05, 4.69) is 10.2 Å². The third-order valence-electron chi connectivity index (χ3n) is 5.62. The molecule has 1 atom stereocenters. The van der Waals surface area contributed by atoms with Gasteiger partial charge in [-0.2, -0.15) is 18.4 Å². The number of aldehydes is 1. The van der Waals surface area contributed by atoms with Gasteiger partial charge in [0.05, 0.1) is 29.9 Å². The summed E-state index contributed by atoms with van der Waals surface area (Å²) in [7, 11) is 1.11. The molecule has 1 aliphatic heterocycles. The molecular formula is C23H16F3N5O4. The minimum Gasteiger partial charge on any atom is -0.466 e. The Bertz CT molecular complexity index is 1480. The number of benzene rings is 2. The Morgan fingerprint density at radius 3 is 2.63 bits per heavy atom. The van der Waals surface area contributed by atoms with Crippen molar-refractivity contribution in [3.8, 4) is 6.07 Å². The number of halogens is 3. The highest BCUT2D eigenvalue weighted by Gasteiger charge is 2.41. The number of allylic oxidation sites excluding steroid dienone is 1. The Balaban J connectivity index is 2.04. The summed E-state index contributed by atoms with van der Waals surface area (Å²) in [6, 6.07) is 9.15. The number of methoxy groups -OCH3 is 1. The molecule has 0 spiro atoms. The lowest BCUT2D eigenvalue weighted by Crippen LogP contribution is -2.38. The van der Waals surface area contributed by atoms with Crippen molar-refractivity contribution in [2.45, 2.75) is 19.1 Å². The normalized spacial score (nSPS) is 15.4. The first-order chi connectivity index (χ1) is 16.6. The van der Waals surface area contributed by atoms with E-state index in [0.29, 0.717) is 6.29 Å². The molecule has 1 aromatic heterocycles. The molecule has 0 radical (unpaired) electrons. The van der Waals surface area contributed by atoms with Crippen molar-refractivity contribution in [3.05, 3.63) is 86.5 Å². The number of aromatic nitrogens is 3. The van der Waals surface area contributed by atoms with Gasteiger partial charge in [-0.1, -0.05) is 12.1 Å². The van der Waals surface area contributed by atoms with Gasteiger partial charge in [0, 0.05) is 16.9 Å². The molecule has 2 heterocycles. The molecule has 1 aliphatic rings. The van der Waals surface area contributed by atoms with Crippen molar-refractivity contribution in [1.82, 2.24) is 14.8 Å². The van der Waals surface area contributed by atoms with Gasteiger partial charge in [0.1, 0.15) is 12.3 Å². The third kappa shape index (κ3) is 3.86. The maximum atomic E-state index is 13.4. The number of ether oxygens (including phenoxy) is 1. The summed E-state index contributed by atoms with van der Waals surface area (Å²) < 4.78 is 46.1. The quantitative estimate of drug-likeness (QED) is 0.446. The first-order valence-electron chi connectivity index (χ1n) is 10.0. The average Bonchev–Trinajstić information content (AvgIpc) is 3.22. The number of hydrogen-bond donors (Lipinski definition) is 1. The summed E-state index contributed by atoms with van der Waals surface area (Å²) in [5.74, 6) is -0.977. The van der Waals surface area contributed by atoms with Gasteiger partial charge in [0.15, 0.2) is 0 Å². The number of esters is 1. The number of nitrogens with one attached hydrogen (secondary N) is 1. The minimum atomic E-state index is -4.64. The number of fused-ring (bicyclic) bond motifs is 1. The minimum absolute atomic E-state index is 0.00660. The highest BCUT2D eigenvalue weighted by Crippen LogP contribution is 2.43. The maximum absolute atomic E-state index is 13.4. The lowest BCUT2D eigenvalue weighted by atomic mass is 9.90. The number of nitrogens with zero attached hydrogens (tertiary/aromatic N) is 4. The lowest BCUT2D eigenvalue weighted by Gasteiger charge is -2.35. The van der Waals surface area contributed by atoms with Crippen LogP contribution in [0, 0.1) is 11.3 Å². The van der Waals surface area contributed by atoms with Gasteiger partial charge in [-0.05, 0) is 42.8 Å². The first-order valence-corrected chi connectivity index (χ1v) is 10.0. The van der Waals surface area contributed by atoms with Crippen molar-refractivity contribution in [2.24, 2.45) is 0 Å². The summed E-state index contributed by atoms with van der Waals surface area (Å²) in [6.07, 6.45) is -4.16. The standard InChI is InChI=1S/C23H16F3N5O4/c1-12-18(20(33)35-2)19(17-7-6-13(10-27)8-14(17)11-32)31-21(28-29-22(31)34)30(12)16-5-3-4-15(9-16)23(24,25)26/h3-9,11,19H,1-2H3,(H,29,34). The molecule has 3 aromatic rings. The number of aromatic amines is 1. The second-order valence-electron chi connectivity index (χ2n) is 7.55. The van der Waals surface area contributed by atoms with Gasteiger partial charge in [-0.25, -0.2) is 19.3 Å².